The van der Waals surface area contributed by atoms with E-state index in [0.717, 1.165) is 4.47 Å². The number of urea groups is 1. The van der Waals surface area contributed by atoms with Gasteiger partial charge >= 0.3 is 6.03 Å². The molecule has 0 aromatic heterocycles. The molecule has 0 unspecified atom stereocenters. The molecule has 0 atom stereocenters. The Bertz CT molecular complexity index is 641. The number of nitrogens with two attached hydrogens (primary N) is 1. The summed E-state index contributed by atoms with van der Waals surface area (Å²) in [5.41, 5.74) is 7.03. The number of rotatable bonds is 2. The minimum absolute atomic E-state index is 0.364. The number of hydrogen-bond donors (Lipinski definition) is 3. The molecule has 102 valence electrons. The monoisotopic (exact) mass is 333 g/mol. The van der Waals surface area contributed by atoms with Gasteiger partial charge in [0.25, 0.3) is 5.91 Å². The molecule has 0 spiro atoms. The van der Waals surface area contributed by atoms with Crippen LogP contribution in [0.2, 0.25) is 0 Å². The van der Waals surface area contributed by atoms with Gasteiger partial charge in [0.15, 0.2) is 0 Å². The second-order valence-electron chi connectivity index (χ2n) is 4.04. The molecule has 6 heteroatoms. The maximum absolute atomic E-state index is 11.8. The van der Waals surface area contributed by atoms with Crippen molar-refractivity contribution in [2.75, 3.05) is 11.1 Å². The van der Waals surface area contributed by atoms with Gasteiger partial charge in [0, 0.05) is 21.4 Å². The van der Waals surface area contributed by atoms with Gasteiger partial charge in [-0.2, -0.15) is 0 Å². The van der Waals surface area contributed by atoms with E-state index in [1.165, 1.54) is 0 Å². The van der Waals surface area contributed by atoms with Crippen molar-refractivity contribution in [2.45, 2.75) is 0 Å². The van der Waals surface area contributed by atoms with Crippen LogP contribution in [0.4, 0.5) is 16.2 Å². The maximum Gasteiger partial charge on any atom is 0.326 e. The molecule has 3 amide bonds. The third kappa shape index (κ3) is 3.83. The summed E-state index contributed by atoms with van der Waals surface area (Å²) in [5.74, 6) is -0.488. The zero-order chi connectivity index (χ0) is 14.5. The van der Waals surface area contributed by atoms with Crippen LogP contribution in [-0.4, -0.2) is 11.9 Å². The fourth-order valence-corrected chi connectivity index (χ4v) is 1.94. The van der Waals surface area contributed by atoms with Crippen LogP contribution < -0.4 is 16.4 Å². The standard InChI is InChI=1S/C14H12BrN3O2/c15-10-2-1-3-12(8-10)17-14(20)18-13(19)9-4-6-11(16)7-5-9/h1-8H,16H2,(H2,17,18,19,20). The van der Waals surface area contributed by atoms with E-state index < -0.39 is 11.9 Å². The van der Waals surface area contributed by atoms with Crippen molar-refractivity contribution in [3.63, 3.8) is 0 Å². The Hall–Kier alpha value is -2.34. The smallest absolute Gasteiger partial charge is 0.326 e. The first-order valence-corrected chi connectivity index (χ1v) is 6.57. The van der Waals surface area contributed by atoms with Crippen molar-refractivity contribution in [1.29, 1.82) is 0 Å². The Morgan fingerprint density at radius 2 is 1.75 bits per heavy atom. The van der Waals surface area contributed by atoms with Crippen molar-refractivity contribution in [1.82, 2.24) is 5.32 Å². The highest BCUT2D eigenvalue weighted by atomic mass is 79.9. The molecule has 0 aliphatic rings. The van der Waals surface area contributed by atoms with Crippen molar-refractivity contribution < 1.29 is 9.59 Å². The van der Waals surface area contributed by atoms with E-state index in [9.17, 15) is 9.59 Å². The molecule has 0 heterocycles. The van der Waals surface area contributed by atoms with Gasteiger partial charge in [0.2, 0.25) is 0 Å². The highest BCUT2D eigenvalue weighted by Gasteiger charge is 2.10. The quantitative estimate of drug-likeness (QED) is 0.738. The van der Waals surface area contributed by atoms with E-state index in [-0.39, 0.29) is 0 Å². The average Bonchev–Trinajstić information content (AvgIpc) is 2.39. The summed E-state index contributed by atoms with van der Waals surface area (Å²) in [6.07, 6.45) is 0. The summed E-state index contributed by atoms with van der Waals surface area (Å²) in [7, 11) is 0. The van der Waals surface area contributed by atoms with Gasteiger partial charge < -0.3 is 11.1 Å². The Morgan fingerprint density at radius 1 is 1.05 bits per heavy atom. The summed E-state index contributed by atoms with van der Waals surface area (Å²) in [6.45, 7) is 0. The summed E-state index contributed by atoms with van der Waals surface area (Å²) < 4.78 is 0.833. The largest absolute Gasteiger partial charge is 0.399 e. The molecule has 2 aromatic carbocycles. The SMILES string of the molecule is Nc1ccc(C(=O)NC(=O)Nc2cccc(Br)c2)cc1. The topological polar surface area (TPSA) is 84.2 Å². The molecule has 0 fully saturated rings. The molecule has 2 rings (SSSR count). The molecule has 0 radical (unpaired) electrons. The van der Waals surface area contributed by atoms with Crippen molar-refractivity contribution in [3.8, 4) is 0 Å². The number of imide groups is 1. The first kappa shape index (κ1) is 14.1. The molecule has 5 nitrogen and oxygen atoms in total. The van der Waals surface area contributed by atoms with E-state index in [4.69, 9.17) is 5.73 Å². The fourth-order valence-electron chi connectivity index (χ4n) is 1.54. The van der Waals surface area contributed by atoms with Crippen molar-refractivity contribution in [3.05, 3.63) is 58.6 Å². The van der Waals surface area contributed by atoms with E-state index in [2.05, 4.69) is 26.6 Å². The number of nitrogen functional groups attached to an aromatic ring is 1. The van der Waals surface area contributed by atoms with Crippen LogP contribution in [0, 0.1) is 0 Å². The number of benzene rings is 2. The number of anilines is 2. The second-order valence-corrected chi connectivity index (χ2v) is 4.96. The van der Waals surface area contributed by atoms with E-state index in [1.54, 1.807) is 42.5 Å². The third-order valence-electron chi connectivity index (χ3n) is 2.48. The van der Waals surface area contributed by atoms with Crippen molar-refractivity contribution in [2.24, 2.45) is 0 Å². The van der Waals surface area contributed by atoms with Crippen LogP contribution in [0.25, 0.3) is 0 Å². The lowest BCUT2D eigenvalue weighted by Gasteiger charge is -2.07. The number of nitrogens with one attached hydrogen (secondary N) is 2. The van der Waals surface area contributed by atoms with Crippen LogP contribution in [0.3, 0.4) is 0 Å². The number of carbonyl (C=O) groups excluding carboxylic acids is 2. The highest BCUT2D eigenvalue weighted by Crippen LogP contribution is 2.15. The second kappa shape index (κ2) is 6.21. The lowest BCUT2D eigenvalue weighted by molar-refractivity contribution is 0.0967. The summed E-state index contributed by atoms with van der Waals surface area (Å²) >= 11 is 3.30. The van der Waals surface area contributed by atoms with Crippen LogP contribution >= 0.6 is 15.9 Å². The molecule has 0 aliphatic carbocycles. The van der Waals surface area contributed by atoms with Gasteiger partial charge in [0.05, 0.1) is 0 Å². The number of hydrogen-bond acceptors (Lipinski definition) is 3. The maximum atomic E-state index is 11.8. The lowest BCUT2D eigenvalue weighted by Crippen LogP contribution is -2.34. The predicted molar refractivity (Wildman–Crippen MR) is 81.5 cm³/mol. The van der Waals surface area contributed by atoms with Crippen LogP contribution in [0.1, 0.15) is 10.4 Å². The van der Waals surface area contributed by atoms with Crippen molar-refractivity contribution >= 4 is 39.2 Å². The van der Waals surface area contributed by atoms with E-state index in [1.807, 2.05) is 6.07 Å². The van der Waals surface area contributed by atoms with Gasteiger partial charge in [-0.15, -0.1) is 0 Å². The zero-order valence-corrected chi connectivity index (χ0v) is 12.0. The minimum atomic E-state index is -0.593. The Balaban J connectivity index is 1.97. The molecule has 4 N–H and O–H groups in total. The van der Waals surface area contributed by atoms with E-state index >= 15 is 0 Å². The van der Waals surface area contributed by atoms with Gasteiger partial charge in [-0.05, 0) is 42.5 Å². The summed E-state index contributed by atoms with van der Waals surface area (Å²) in [6, 6.07) is 12.8. The first-order valence-electron chi connectivity index (χ1n) is 5.78. The fraction of sp³-hybridized carbons (Fsp3) is 0. The predicted octanol–water partition coefficient (Wildman–Crippen LogP) is 2.99. The molecule has 0 saturated heterocycles. The Morgan fingerprint density at radius 3 is 2.40 bits per heavy atom. The molecule has 0 bridgehead atoms. The van der Waals surface area contributed by atoms with E-state index in [0.29, 0.717) is 16.9 Å². The average molecular weight is 334 g/mol. The highest BCUT2D eigenvalue weighted by molar-refractivity contribution is 9.10. The zero-order valence-electron chi connectivity index (χ0n) is 10.4. The van der Waals surface area contributed by atoms with Crippen LogP contribution in [0.5, 0.6) is 0 Å². The normalized spacial score (nSPS) is 9.85. The Labute approximate surface area is 124 Å². The number of carbonyl (C=O) groups is 2. The first-order chi connectivity index (χ1) is 9.54. The molecular formula is C14H12BrN3O2. The van der Waals surface area contributed by atoms with Crippen LogP contribution in [-0.2, 0) is 0 Å². The lowest BCUT2D eigenvalue weighted by atomic mass is 10.2. The van der Waals surface area contributed by atoms with Gasteiger partial charge in [-0.3, -0.25) is 10.1 Å². The molecule has 0 aliphatic heterocycles. The van der Waals surface area contributed by atoms with Gasteiger partial charge in [-0.25, -0.2) is 4.79 Å². The third-order valence-corrected chi connectivity index (χ3v) is 2.98. The molecule has 20 heavy (non-hydrogen) atoms. The molecule has 0 saturated carbocycles. The number of amides is 3. The van der Waals surface area contributed by atoms with Gasteiger partial charge in [-0.1, -0.05) is 22.0 Å². The van der Waals surface area contributed by atoms with Crippen LogP contribution in [0.15, 0.2) is 53.0 Å². The summed E-state index contributed by atoms with van der Waals surface area (Å²) in [5, 5.41) is 4.81. The molecular weight excluding hydrogens is 322 g/mol. The Kier molecular flexibility index (Phi) is 4.37. The molecule has 2 aromatic rings. The minimum Gasteiger partial charge on any atom is -0.399 e. The number of halogens is 1. The van der Waals surface area contributed by atoms with Gasteiger partial charge in [0.1, 0.15) is 0 Å². The summed E-state index contributed by atoms with van der Waals surface area (Å²) in [4.78, 5) is 23.5.